The highest BCUT2D eigenvalue weighted by atomic mass is 16.7. The molecule has 0 spiro atoms. The summed E-state index contributed by atoms with van der Waals surface area (Å²) in [6.45, 7) is 2.03. The number of hydrogen-bond acceptors (Lipinski definition) is 3. The van der Waals surface area contributed by atoms with Crippen LogP contribution < -0.4 is 4.74 Å². The van der Waals surface area contributed by atoms with E-state index in [4.69, 9.17) is 14.6 Å². The van der Waals surface area contributed by atoms with Crippen LogP contribution in [0.4, 0.5) is 0 Å². The molecule has 0 aliphatic heterocycles. The Labute approximate surface area is 84.3 Å². The molecule has 3 heteroatoms. The van der Waals surface area contributed by atoms with Gasteiger partial charge in [-0.05, 0) is 31.0 Å². The molecule has 0 heterocycles. The molecule has 78 valence electrons. The zero-order valence-electron chi connectivity index (χ0n) is 8.56. The van der Waals surface area contributed by atoms with E-state index < -0.39 is 0 Å². The fraction of sp³-hybridized carbons (Fsp3) is 0.455. The highest BCUT2D eigenvalue weighted by molar-refractivity contribution is 5.27. The van der Waals surface area contributed by atoms with Crippen LogP contribution >= 0.6 is 0 Å². The zero-order chi connectivity index (χ0) is 10.4. The summed E-state index contributed by atoms with van der Waals surface area (Å²) in [6, 6.07) is 7.63. The molecule has 1 rings (SSSR count). The molecule has 14 heavy (non-hydrogen) atoms. The number of methoxy groups -OCH3 is 1. The minimum Gasteiger partial charge on any atom is -0.468 e. The van der Waals surface area contributed by atoms with Crippen LogP contribution in [0.15, 0.2) is 24.3 Å². The molecule has 1 aromatic carbocycles. The molecule has 1 N–H and O–H groups in total. The van der Waals surface area contributed by atoms with Gasteiger partial charge in [-0.15, -0.1) is 0 Å². The molecule has 1 aromatic rings. The third kappa shape index (κ3) is 3.77. The Morgan fingerprint density at radius 2 is 1.93 bits per heavy atom. The number of aliphatic hydroxyl groups excluding tert-OH is 1. The fourth-order valence-electron chi connectivity index (χ4n) is 1.19. The maximum absolute atomic E-state index is 9.17. The first-order chi connectivity index (χ1) is 6.72. The molecular formula is C11H16O3. The first kappa shape index (κ1) is 11.0. The van der Waals surface area contributed by atoms with Crippen LogP contribution in [0.1, 0.15) is 12.5 Å². The van der Waals surface area contributed by atoms with Crippen LogP contribution in [-0.4, -0.2) is 25.1 Å². The Morgan fingerprint density at radius 1 is 1.29 bits per heavy atom. The Kier molecular flexibility index (Phi) is 4.43. The average Bonchev–Trinajstić information content (AvgIpc) is 2.16. The molecule has 0 saturated heterocycles. The van der Waals surface area contributed by atoms with E-state index in [0.29, 0.717) is 6.42 Å². The maximum atomic E-state index is 9.17. The van der Waals surface area contributed by atoms with Crippen LogP contribution in [-0.2, 0) is 11.2 Å². The molecule has 1 unspecified atom stereocenters. The van der Waals surface area contributed by atoms with Gasteiger partial charge in [-0.1, -0.05) is 12.1 Å². The topological polar surface area (TPSA) is 38.7 Å². The van der Waals surface area contributed by atoms with Crippen molar-refractivity contribution in [3.63, 3.8) is 0 Å². The number of ether oxygens (including phenoxy) is 2. The van der Waals surface area contributed by atoms with E-state index in [0.717, 1.165) is 11.3 Å². The smallest absolute Gasteiger partial charge is 0.188 e. The standard InChI is InChI=1S/C11H16O3/c1-9(12)7-10-3-5-11(6-4-10)14-8-13-2/h3-6,9,12H,7-8H2,1-2H3. The second kappa shape index (κ2) is 5.62. The molecule has 0 aliphatic rings. The van der Waals surface area contributed by atoms with Crippen LogP contribution in [0.2, 0.25) is 0 Å². The molecule has 0 amide bonds. The number of benzene rings is 1. The molecule has 0 radical (unpaired) electrons. The predicted octanol–water partition coefficient (Wildman–Crippen LogP) is 1.59. The van der Waals surface area contributed by atoms with Gasteiger partial charge >= 0.3 is 0 Å². The maximum Gasteiger partial charge on any atom is 0.188 e. The van der Waals surface area contributed by atoms with Crippen molar-refractivity contribution in [2.75, 3.05) is 13.9 Å². The van der Waals surface area contributed by atoms with Crippen LogP contribution in [0.5, 0.6) is 5.75 Å². The van der Waals surface area contributed by atoms with Gasteiger partial charge in [0.2, 0.25) is 0 Å². The van der Waals surface area contributed by atoms with Crippen LogP contribution in [0, 0.1) is 0 Å². The van der Waals surface area contributed by atoms with Crippen molar-refractivity contribution in [3.05, 3.63) is 29.8 Å². The Balaban J connectivity index is 2.50. The number of hydrogen-bond donors (Lipinski definition) is 1. The second-order valence-corrected chi connectivity index (χ2v) is 3.25. The highest BCUT2D eigenvalue weighted by Crippen LogP contribution is 2.13. The summed E-state index contributed by atoms with van der Waals surface area (Å²) in [7, 11) is 1.59. The molecule has 0 aliphatic carbocycles. The zero-order valence-corrected chi connectivity index (χ0v) is 8.56. The van der Waals surface area contributed by atoms with Gasteiger partial charge in [0.15, 0.2) is 6.79 Å². The van der Waals surface area contributed by atoms with E-state index >= 15 is 0 Å². The molecular weight excluding hydrogens is 180 g/mol. The SMILES string of the molecule is COCOc1ccc(CC(C)O)cc1. The summed E-state index contributed by atoms with van der Waals surface area (Å²) in [6.07, 6.45) is 0.366. The van der Waals surface area contributed by atoms with Gasteiger partial charge < -0.3 is 14.6 Å². The third-order valence-corrected chi connectivity index (χ3v) is 1.80. The largest absolute Gasteiger partial charge is 0.468 e. The predicted molar refractivity (Wildman–Crippen MR) is 54.3 cm³/mol. The first-order valence-corrected chi connectivity index (χ1v) is 4.61. The monoisotopic (exact) mass is 196 g/mol. The summed E-state index contributed by atoms with van der Waals surface area (Å²) >= 11 is 0. The van der Waals surface area contributed by atoms with E-state index in [1.807, 2.05) is 24.3 Å². The third-order valence-electron chi connectivity index (χ3n) is 1.80. The van der Waals surface area contributed by atoms with Crippen molar-refractivity contribution in [2.45, 2.75) is 19.4 Å². The Bertz CT molecular complexity index is 254. The van der Waals surface area contributed by atoms with Crippen LogP contribution in [0.25, 0.3) is 0 Å². The van der Waals surface area contributed by atoms with E-state index in [1.165, 1.54) is 0 Å². The summed E-state index contributed by atoms with van der Waals surface area (Å²) < 4.78 is 10.0. The lowest BCUT2D eigenvalue weighted by atomic mass is 10.1. The lowest BCUT2D eigenvalue weighted by Crippen LogP contribution is -2.04. The van der Waals surface area contributed by atoms with Crippen molar-refractivity contribution in [3.8, 4) is 5.75 Å². The highest BCUT2D eigenvalue weighted by Gasteiger charge is 1.99. The summed E-state index contributed by atoms with van der Waals surface area (Å²) in [5.41, 5.74) is 1.10. The summed E-state index contributed by atoms with van der Waals surface area (Å²) in [5.74, 6) is 0.779. The number of rotatable bonds is 5. The van der Waals surface area contributed by atoms with E-state index in [9.17, 15) is 0 Å². The van der Waals surface area contributed by atoms with Crippen molar-refractivity contribution < 1.29 is 14.6 Å². The van der Waals surface area contributed by atoms with Gasteiger partial charge in [0.25, 0.3) is 0 Å². The lowest BCUT2D eigenvalue weighted by Gasteiger charge is -2.07. The lowest BCUT2D eigenvalue weighted by molar-refractivity contribution is 0.0511. The minimum atomic E-state index is -0.305. The second-order valence-electron chi connectivity index (χ2n) is 3.25. The van der Waals surface area contributed by atoms with Crippen molar-refractivity contribution in [1.29, 1.82) is 0 Å². The van der Waals surface area contributed by atoms with Crippen molar-refractivity contribution in [2.24, 2.45) is 0 Å². The van der Waals surface area contributed by atoms with Gasteiger partial charge in [-0.25, -0.2) is 0 Å². The van der Waals surface area contributed by atoms with Gasteiger partial charge in [-0.3, -0.25) is 0 Å². The normalized spacial score (nSPS) is 12.5. The fourth-order valence-corrected chi connectivity index (χ4v) is 1.19. The molecule has 3 nitrogen and oxygen atoms in total. The minimum absolute atomic E-state index is 0.260. The van der Waals surface area contributed by atoms with E-state index in [2.05, 4.69) is 0 Å². The van der Waals surface area contributed by atoms with Crippen LogP contribution in [0.3, 0.4) is 0 Å². The van der Waals surface area contributed by atoms with Gasteiger partial charge in [0, 0.05) is 7.11 Å². The van der Waals surface area contributed by atoms with E-state index in [1.54, 1.807) is 14.0 Å². The molecule has 0 bridgehead atoms. The van der Waals surface area contributed by atoms with Crippen molar-refractivity contribution >= 4 is 0 Å². The van der Waals surface area contributed by atoms with Gasteiger partial charge in [0.1, 0.15) is 5.75 Å². The van der Waals surface area contributed by atoms with Crippen molar-refractivity contribution in [1.82, 2.24) is 0 Å². The molecule has 1 atom stereocenters. The van der Waals surface area contributed by atoms with Gasteiger partial charge in [0.05, 0.1) is 6.10 Å². The summed E-state index contributed by atoms with van der Waals surface area (Å²) in [4.78, 5) is 0. The first-order valence-electron chi connectivity index (χ1n) is 4.61. The van der Waals surface area contributed by atoms with E-state index in [-0.39, 0.29) is 12.9 Å². The average molecular weight is 196 g/mol. The molecule has 0 saturated carbocycles. The quantitative estimate of drug-likeness (QED) is 0.727. The Hall–Kier alpha value is -1.06. The number of aliphatic hydroxyl groups is 1. The van der Waals surface area contributed by atoms with Gasteiger partial charge in [-0.2, -0.15) is 0 Å². The molecule has 0 fully saturated rings. The Morgan fingerprint density at radius 3 is 2.43 bits per heavy atom. The molecule has 0 aromatic heterocycles. The summed E-state index contributed by atoms with van der Waals surface area (Å²) in [5, 5.41) is 9.17.